The molecule has 0 aliphatic rings. The SMILES string of the molecule is COCOc1cc2ccccc2cc1C(=O)c1ccc(C=O)cc1. The van der Waals surface area contributed by atoms with Gasteiger partial charge in [-0.15, -0.1) is 0 Å². The second-order valence-electron chi connectivity index (χ2n) is 5.32. The number of hydrogen-bond acceptors (Lipinski definition) is 4. The largest absolute Gasteiger partial charge is 0.467 e. The number of ketones is 1. The third-order valence-corrected chi connectivity index (χ3v) is 3.73. The van der Waals surface area contributed by atoms with Crippen LogP contribution in [0.25, 0.3) is 10.8 Å². The van der Waals surface area contributed by atoms with Gasteiger partial charge in [-0.2, -0.15) is 0 Å². The van der Waals surface area contributed by atoms with Crippen molar-refractivity contribution in [3.05, 3.63) is 77.4 Å². The normalized spacial score (nSPS) is 10.5. The first kappa shape index (κ1) is 15.9. The second-order valence-corrected chi connectivity index (χ2v) is 5.32. The lowest BCUT2D eigenvalue weighted by Crippen LogP contribution is -2.07. The van der Waals surface area contributed by atoms with Gasteiger partial charge < -0.3 is 9.47 Å². The van der Waals surface area contributed by atoms with Crippen LogP contribution in [0.3, 0.4) is 0 Å². The van der Waals surface area contributed by atoms with Gasteiger partial charge in [0, 0.05) is 18.2 Å². The predicted octanol–water partition coefficient (Wildman–Crippen LogP) is 3.87. The average molecular weight is 320 g/mol. The highest BCUT2D eigenvalue weighted by Gasteiger charge is 2.16. The summed E-state index contributed by atoms with van der Waals surface area (Å²) in [6, 6.07) is 17.9. The van der Waals surface area contributed by atoms with Gasteiger partial charge in [-0.25, -0.2) is 0 Å². The van der Waals surface area contributed by atoms with E-state index in [1.165, 1.54) is 7.11 Å². The summed E-state index contributed by atoms with van der Waals surface area (Å²) in [5, 5.41) is 1.94. The van der Waals surface area contributed by atoms with Gasteiger partial charge in [-0.3, -0.25) is 9.59 Å². The van der Waals surface area contributed by atoms with Crippen LogP contribution in [0.2, 0.25) is 0 Å². The number of carbonyl (C=O) groups excluding carboxylic acids is 2. The smallest absolute Gasteiger partial charge is 0.196 e. The average Bonchev–Trinajstić information content (AvgIpc) is 2.65. The Balaban J connectivity index is 2.07. The maximum atomic E-state index is 12.9. The molecule has 0 bridgehead atoms. The Morgan fingerprint density at radius 1 is 1.00 bits per heavy atom. The van der Waals surface area contributed by atoms with E-state index in [0.717, 1.165) is 17.1 Å². The molecule has 0 aromatic heterocycles. The van der Waals surface area contributed by atoms with E-state index in [0.29, 0.717) is 22.4 Å². The molecule has 0 fully saturated rings. The van der Waals surface area contributed by atoms with Crippen molar-refractivity contribution in [2.45, 2.75) is 0 Å². The molecule has 0 aliphatic heterocycles. The molecule has 0 amide bonds. The molecule has 0 N–H and O–H groups in total. The van der Waals surface area contributed by atoms with Crippen LogP contribution in [0.4, 0.5) is 0 Å². The molecule has 0 spiro atoms. The fourth-order valence-electron chi connectivity index (χ4n) is 2.51. The molecule has 0 aliphatic carbocycles. The Morgan fingerprint density at radius 3 is 2.29 bits per heavy atom. The van der Waals surface area contributed by atoms with Crippen LogP contribution in [-0.4, -0.2) is 26.0 Å². The van der Waals surface area contributed by atoms with Crippen molar-refractivity contribution < 1.29 is 19.1 Å². The van der Waals surface area contributed by atoms with Crippen molar-refractivity contribution in [2.24, 2.45) is 0 Å². The minimum Gasteiger partial charge on any atom is -0.467 e. The number of benzene rings is 3. The van der Waals surface area contributed by atoms with E-state index in [1.54, 1.807) is 24.3 Å². The molecule has 0 heterocycles. The molecule has 120 valence electrons. The summed E-state index contributed by atoms with van der Waals surface area (Å²) in [7, 11) is 1.53. The van der Waals surface area contributed by atoms with Crippen molar-refractivity contribution in [3.63, 3.8) is 0 Å². The maximum absolute atomic E-state index is 12.9. The van der Waals surface area contributed by atoms with E-state index in [9.17, 15) is 9.59 Å². The van der Waals surface area contributed by atoms with Crippen molar-refractivity contribution in [1.29, 1.82) is 0 Å². The summed E-state index contributed by atoms with van der Waals surface area (Å²) in [5.41, 5.74) is 1.49. The number of methoxy groups -OCH3 is 1. The molecule has 0 saturated heterocycles. The minimum atomic E-state index is -0.163. The molecular formula is C20H16O4. The summed E-state index contributed by atoms with van der Waals surface area (Å²) in [4.78, 5) is 23.6. The van der Waals surface area contributed by atoms with Crippen LogP contribution in [0, 0.1) is 0 Å². The fraction of sp³-hybridized carbons (Fsp3) is 0.100. The minimum absolute atomic E-state index is 0.0582. The Hall–Kier alpha value is -2.98. The molecule has 4 heteroatoms. The van der Waals surface area contributed by atoms with Crippen LogP contribution in [0.15, 0.2) is 60.7 Å². The van der Waals surface area contributed by atoms with Crippen LogP contribution in [-0.2, 0) is 4.74 Å². The fourth-order valence-corrected chi connectivity index (χ4v) is 2.51. The zero-order chi connectivity index (χ0) is 16.9. The molecule has 24 heavy (non-hydrogen) atoms. The molecule has 3 aromatic rings. The number of ether oxygens (including phenoxy) is 2. The van der Waals surface area contributed by atoms with Crippen LogP contribution >= 0.6 is 0 Å². The number of carbonyl (C=O) groups is 2. The summed E-state index contributed by atoms with van der Waals surface area (Å²) in [6.07, 6.45) is 0.747. The third-order valence-electron chi connectivity index (χ3n) is 3.73. The van der Waals surface area contributed by atoms with Crippen LogP contribution in [0.5, 0.6) is 5.75 Å². The van der Waals surface area contributed by atoms with E-state index in [1.807, 2.05) is 36.4 Å². The molecule has 0 atom stereocenters. The zero-order valence-electron chi connectivity index (χ0n) is 13.2. The molecular weight excluding hydrogens is 304 g/mol. The zero-order valence-corrected chi connectivity index (χ0v) is 13.2. The monoisotopic (exact) mass is 320 g/mol. The number of hydrogen-bond donors (Lipinski definition) is 0. The van der Waals surface area contributed by atoms with E-state index < -0.39 is 0 Å². The molecule has 0 unspecified atom stereocenters. The molecule has 0 saturated carbocycles. The van der Waals surface area contributed by atoms with Gasteiger partial charge in [-0.1, -0.05) is 48.5 Å². The topological polar surface area (TPSA) is 52.6 Å². The first-order valence-corrected chi connectivity index (χ1v) is 7.47. The summed E-state index contributed by atoms with van der Waals surface area (Å²) < 4.78 is 10.5. The lowest BCUT2D eigenvalue weighted by Gasteiger charge is -2.12. The van der Waals surface area contributed by atoms with Crippen molar-refractivity contribution in [1.82, 2.24) is 0 Å². The first-order valence-electron chi connectivity index (χ1n) is 7.47. The standard InChI is InChI=1S/C20H16O4/c1-23-13-24-19-11-17-5-3-2-4-16(17)10-18(19)20(22)15-8-6-14(12-21)7-9-15/h2-12H,13H2,1H3. The lowest BCUT2D eigenvalue weighted by molar-refractivity contribution is 0.0504. The highest BCUT2D eigenvalue weighted by atomic mass is 16.7. The maximum Gasteiger partial charge on any atom is 0.196 e. The van der Waals surface area contributed by atoms with E-state index in [-0.39, 0.29) is 12.6 Å². The van der Waals surface area contributed by atoms with Gasteiger partial charge >= 0.3 is 0 Å². The summed E-state index contributed by atoms with van der Waals surface area (Å²) in [6.45, 7) is 0.0582. The molecule has 4 nitrogen and oxygen atoms in total. The van der Waals surface area contributed by atoms with Gasteiger partial charge in [0.15, 0.2) is 12.6 Å². The quantitative estimate of drug-likeness (QED) is 0.393. The Morgan fingerprint density at radius 2 is 1.67 bits per heavy atom. The van der Waals surface area contributed by atoms with Crippen LogP contribution < -0.4 is 4.74 Å². The number of fused-ring (bicyclic) bond motifs is 1. The first-order chi connectivity index (χ1) is 11.7. The highest BCUT2D eigenvalue weighted by molar-refractivity contribution is 6.12. The second kappa shape index (κ2) is 7.06. The van der Waals surface area contributed by atoms with Gasteiger partial charge in [0.1, 0.15) is 12.0 Å². The van der Waals surface area contributed by atoms with Crippen molar-refractivity contribution in [2.75, 3.05) is 13.9 Å². The number of rotatable bonds is 6. The van der Waals surface area contributed by atoms with E-state index in [2.05, 4.69) is 0 Å². The van der Waals surface area contributed by atoms with Crippen molar-refractivity contribution in [3.8, 4) is 5.75 Å². The Bertz CT molecular complexity index is 882. The lowest BCUT2D eigenvalue weighted by atomic mass is 9.98. The molecule has 3 rings (SSSR count). The Kier molecular flexibility index (Phi) is 4.68. The van der Waals surface area contributed by atoms with Gasteiger partial charge in [0.2, 0.25) is 0 Å². The van der Waals surface area contributed by atoms with Crippen LogP contribution in [0.1, 0.15) is 26.3 Å². The molecule has 3 aromatic carbocycles. The van der Waals surface area contributed by atoms with E-state index in [4.69, 9.17) is 9.47 Å². The summed E-state index contributed by atoms with van der Waals surface area (Å²) in [5.74, 6) is 0.310. The highest BCUT2D eigenvalue weighted by Crippen LogP contribution is 2.28. The van der Waals surface area contributed by atoms with Crippen molar-refractivity contribution >= 4 is 22.8 Å². The number of aldehydes is 1. The van der Waals surface area contributed by atoms with E-state index >= 15 is 0 Å². The third kappa shape index (κ3) is 3.19. The van der Waals surface area contributed by atoms with Gasteiger partial charge in [0.05, 0.1) is 5.56 Å². The summed E-state index contributed by atoms with van der Waals surface area (Å²) >= 11 is 0. The van der Waals surface area contributed by atoms with Gasteiger partial charge in [0.25, 0.3) is 0 Å². The van der Waals surface area contributed by atoms with Gasteiger partial charge in [-0.05, 0) is 22.9 Å². The Labute approximate surface area is 139 Å². The molecule has 0 radical (unpaired) electrons. The predicted molar refractivity (Wildman–Crippen MR) is 91.7 cm³/mol.